The molecule has 456 valence electrons. The van der Waals surface area contributed by atoms with E-state index in [2.05, 4.69) is 249 Å². The number of aromatic nitrogens is 1. The van der Waals surface area contributed by atoms with Crippen LogP contribution in [0.4, 0.5) is 45.5 Å². The summed E-state index contributed by atoms with van der Waals surface area (Å²) in [5, 5.41) is 11.4. The first kappa shape index (κ1) is 54.9. The molecular weight excluding hydrogens is 1170 g/mol. The fraction of sp³-hybridized carbons (Fsp3) is 0.146. The third-order valence-electron chi connectivity index (χ3n) is 22.3. The smallest absolute Gasteiger partial charge is 0.187 e. The molecule has 2 fully saturated rings. The van der Waals surface area contributed by atoms with Gasteiger partial charge in [-0.05, 0) is 176 Å². The number of anilines is 6. The number of para-hydroxylation sites is 5. The van der Waals surface area contributed by atoms with Crippen molar-refractivity contribution >= 4 is 133 Å². The van der Waals surface area contributed by atoms with Crippen LogP contribution in [-0.4, -0.2) is 4.57 Å². The third-order valence-corrected chi connectivity index (χ3v) is 22.3. The van der Waals surface area contributed by atoms with E-state index in [1.807, 2.05) is 24.3 Å². The zero-order chi connectivity index (χ0) is 63.3. The molecule has 0 radical (unpaired) electrons. The van der Waals surface area contributed by atoms with Crippen LogP contribution < -0.4 is 9.80 Å². The highest BCUT2D eigenvalue weighted by Crippen LogP contribution is 2.65. The Morgan fingerprint density at radius 1 is 0.354 bits per heavy atom. The fourth-order valence-electron chi connectivity index (χ4n) is 18.2. The van der Waals surface area contributed by atoms with Gasteiger partial charge in [0.25, 0.3) is 0 Å². The van der Waals surface area contributed by atoms with E-state index in [0.717, 1.165) is 118 Å². The van der Waals surface area contributed by atoms with Crippen molar-refractivity contribution in [2.75, 3.05) is 9.80 Å². The summed E-state index contributed by atoms with van der Waals surface area (Å²) >= 11 is 0. The Morgan fingerprint density at radius 3 is 1.35 bits per heavy atom. The summed E-state index contributed by atoms with van der Waals surface area (Å²) in [7, 11) is 0. The van der Waals surface area contributed by atoms with Gasteiger partial charge in [0.15, 0.2) is 22.5 Å². The molecule has 20 rings (SSSR count). The topological polar surface area (TPSA) is 46.4 Å². The molecule has 0 unspecified atom stereocenters. The molecule has 0 atom stereocenters. The summed E-state index contributed by atoms with van der Waals surface area (Å²) in [6.07, 6.45) is 12.1. The van der Waals surface area contributed by atoms with Crippen LogP contribution in [0.5, 0.6) is 0 Å². The van der Waals surface area contributed by atoms with Crippen LogP contribution in [0.3, 0.4) is 0 Å². The molecule has 0 bridgehead atoms. The zero-order valence-electron chi connectivity index (χ0n) is 52.9. The van der Waals surface area contributed by atoms with Crippen molar-refractivity contribution < 1.29 is 8.83 Å². The van der Waals surface area contributed by atoms with Gasteiger partial charge in [-0.15, -0.1) is 0 Å². The Kier molecular flexibility index (Phi) is 12.1. The van der Waals surface area contributed by atoms with Gasteiger partial charge in [-0.25, -0.2) is 9.69 Å². The average molecular weight is 1230 g/mol. The van der Waals surface area contributed by atoms with E-state index < -0.39 is 5.41 Å². The normalized spacial score (nSPS) is 15.1. The van der Waals surface area contributed by atoms with Crippen molar-refractivity contribution in [2.24, 2.45) is 0 Å². The number of rotatable bonds is 8. The van der Waals surface area contributed by atoms with Gasteiger partial charge < -0.3 is 23.2 Å². The number of hydrogen-bond acceptors (Lipinski definition) is 4. The molecule has 7 heteroatoms. The van der Waals surface area contributed by atoms with E-state index in [1.165, 1.54) is 117 Å². The third kappa shape index (κ3) is 7.80. The summed E-state index contributed by atoms with van der Waals surface area (Å²) in [5.74, 6) is 0.890. The fourth-order valence-corrected chi connectivity index (χ4v) is 18.2. The van der Waals surface area contributed by atoms with E-state index in [0.29, 0.717) is 23.2 Å². The van der Waals surface area contributed by atoms with Crippen molar-refractivity contribution in [3.63, 3.8) is 0 Å². The minimum absolute atomic E-state index is 0.437. The number of benzene rings is 13. The highest BCUT2D eigenvalue weighted by molar-refractivity contribution is 6.20. The largest absolute Gasteiger partial charge is 0.454 e. The molecule has 1 spiro atoms. The molecule has 0 saturated heterocycles. The first-order valence-corrected chi connectivity index (χ1v) is 34.2. The standard InChI is InChI=1S/C89H63N5O2/c1-90-58-39-43-60(44-40-58)92(80-35-17-31-70-68-29-15-27-66(85(68)95-87(70)80)54-19-5-3-6-20-54)62-47-50-78-72(51-62)73-52-63(93(61-45-41-59(91-2)42-46-61)81-36-18-32-71-69-30-16-28-67(86(69)96-88(71)81)55-21-7-4-8-22-55)53-77-84(73)94(78)79-34-14-13-33-74(79)89(77)75-48-37-56-23-9-11-25-64(56)82(75)83-65-26-12-10-24-57(65)38-49-76(83)89/h9-18,23-55H,3-8,19-22H2. The molecule has 4 heterocycles. The average Bonchev–Trinajstić information content (AvgIpc) is 1.47. The second-order valence-electron chi connectivity index (χ2n) is 27.2. The molecule has 3 aliphatic carbocycles. The van der Waals surface area contributed by atoms with Crippen molar-refractivity contribution in [3.8, 4) is 16.8 Å². The van der Waals surface area contributed by atoms with E-state index in [1.54, 1.807) is 0 Å². The second kappa shape index (κ2) is 21.2. The molecule has 0 amide bonds. The molecule has 7 nitrogen and oxygen atoms in total. The summed E-state index contributed by atoms with van der Waals surface area (Å²) in [4.78, 5) is 12.5. The van der Waals surface area contributed by atoms with Crippen molar-refractivity contribution in [3.05, 3.63) is 305 Å². The number of fused-ring (bicyclic) bond motifs is 22. The first-order valence-electron chi connectivity index (χ1n) is 34.2. The van der Waals surface area contributed by atoms with Crippen LogP contribution in [0.1, 0.15) is 109 Å². The lowest BCUT2D eigenvalue weighted by molar-refractivity contribution is 0.442. The van der Waals surface area contributed by atoms with Crippen LogP contribution in [0.15, 0.2) is 258 Å². The SMILES string of the molecule is [C-]#[N+]c1ccc(N(c2ccc3c(c2)c2cc(N(c4ccc([N+]#[C-])cc4)c4cccc5c4oc4c(C6CCCCC6)cccc45)cc4c2n3-c2ccccc2C42c3ccc4ccccc4c3-c3c2ccc2ccccc32)c2cccc3c2oc2c(C4CCCCC4)cccc23)cc1. The lowest BCUT2D eigenvalue weighted by Gasteiger charge is -2.40. The Morgan fingerprint density at radius 2 is 0.812 bits per heavy atom. The molecule has 13 aromatic carbocycles. The van der Waals surface area contributed by atoms with Crippen LogP contribution in [-0.2, 0) is 5.41 Å². The first-order chi connectivity index (χ1) is 47.5. The quantitative estimate of drug-likeness (QED) is 0.142. The van der Waals surface area contributed by atoms with Crippen molar-refractivity contribution in [1.29, 1.82) is 0 Å². The molecule has 1 aliphatic heterocycles. The molecular formula is C89H63N5O2. The van der Waals surface area contributed by atoms with Crippen LogP contribution in [0.25, 0.3) is 114 Å². The van der Waals surface area contributed by atoms with Gasteiger partial charge in [0.05, 0.1) is 46.7 Å². The Hall–Kier alpha value is -11.6. The highest BCUT2D eigenvalue weighted by Gasteiger charge is 2.52. The minimum Gasteiger partial charge on any atom is -0.454 e. The monoisotopic (exact) mass is 1230 g/mol. The van der Waals surface area contributed by atoms with Gasteiger partial charge in [0.2, 0.25) is 0 Å². The lowest BCUT2D eigenvalue weighted by atomic mass is 9.65. The van der Waals surface area contributed by atoms with Gasteiger partial charge >= 0.3 is 0 Å². The lowest BCUT2D eigenvalue weighted by Crippen LogP contribution is -2.33. The predicted octanol–water partition coefficient (Wildman–Crippen LogP) is 25.7. The number of nitrogens with zero attached hydrogens (tertiary/aromatic N) is 5. The molecule has 16 aromatic rings. The Labute approximate surface area is 555 Å². The zero-order valence-corrected chi connectivity index (χ0v) is 52.9. The number of furan rings is 2. The van der Waals surface area contributed by atoms with Gasteiger partial charge in [-0.1, -0.05) is 214 Å². The maximum absolute atomic E-state index is 8.19. The van der Waals surface area contributed by atoms with Crippen molar-refractivity contribution in [1.82, 2.24) is 4.57 Å². The van der Waals surface area contributed by atoms with E-state index in [4.69, 9.17) is 22.0 Å². The maximum atomic E-state index is 8.19. The minimum atomic E-state index is -0.833. The molecule has 0 N–H and O–H groups in total. The molecule has 2 saturated carbocycles. The van der Waals surface area contributed by atoms with Crippen LogP contribution >= 0.6 is 0 Å². The Balaban J connectivity index is 0.915. The maximum Gasteiger partial charge on any atom is 0.187 e. The van der Waals surface area contributed by atoms with Crippen LogP contribution in [0, 0.1) is 13.1 Å². The van der Waals surface area contributed by atoms with Gasteiger partial charge in [0, 0.05) is 55.1 Å². The van der Waals surface area contributed by atoms with Crippen molar-refractivity contribution in [2.45, 2.75) is 81.5 Å². The van der Waals surface area contributed by atoms with Crippen LogP contribution in [0.2, 0.25) is 0 Å². The van der Waals surface area contributed by atoms with E-state index in [-0.39, 0.29) is 0 Å². The molecule has 4 aliphatic rings. The van der Waals surface area contributed by atoms with E-state index in [9.17, 15) is 0 Å². The van der Waals surface area contributed by atoms with Gasteiger partial charge in [0.1, 0.15) is 11.2 Å². The summed E-state index contributed by atoms with van der Waals surface area (Å²) in [5.41, 5.74) is 22.8. The summed E-state index contributed by atoms with van der Waals surface area (Å²) in [6.45, 7) is 16.2. The van der Waals surface area contributed by atoms with Gasteiger partial charge in [-0.3, -0.25) is 0 Å². The molecule has 96 heavy (non-hydrogen) atoms. The summed E-state index contributed by atoms with van der Waals surface area (Å²) in [6, 6.07) is 91.4. The second-order valence-corrected chi connectivity index (χ2v) is 27.2. The number of hydrogen-bond donors (Lipinski definition) is 0. The predicted molar refractivity (Wildman–Crippen MR) is 395 cm³/mol. The van der Waals surface area contributed by atoms with E-state index >= 15 is 0 Å². The summed E-state index contributed by atoms with van der Waals surface area (Å²) < 4.78 is 17.4. The highest BCUT2D eigenvalue weighted by atomic mass is 16.3. The van der Waals surface area contributed by atoms with Gasteiger partial charge in [-0.2, -0.15) is 0 Å². The Bertz CT molecular complexity index is 5950. The molecule has 3 aromatic heterocycles.